The second-order valence-corrected chi connectivity index (χ2v) is 9.58. The SMILES string of the molecule is COc1ccc(Oc2ncccc2C(=O)NC2CCC(Nc3nc(N(C)C)c4ccccc4n3)CC2)cc1. The molecule has 1 fully saturated rings. The Morgan fingerprint density at radius 2 is 1.61 bits per heavy atom. The first-order chi connectivity index (χ1) is 18.5. The van der Waals surface area contributed by atoms with Crippen LogP contribution in [0.1, 0.15) is 36.0 Å². The van der Waals surface area contributed by atoms with E-state index in [0.717, 1.165) is 48.2 Å². The van der Waals surface area contributed by atoms with Crippen LogP contribution in [0.15, 0.2) is 66.9 Å². The second-order valence-electron chi connectivity index (χ2n) is 9.58. The van der Waals surface area contributed by atoms with E-state index in [0.29, 0.717) is 17.3 Å². The maximum absolute atomic E-state index is 13.1. The molecule has 5 rings (SSSR count). The molecule has 0 radical (unpaired) electrons. The Bertz CT molecular complexity index is 1400. The summed E-state index contributed by atoms with van der Waals surface area (Å²) in [6.45, 7) is 0. The molecule has 0 spiro atoms. The third kappa shape index (κ3) is 5.77. The number of pyridine rings is 1. The van der Waals surface area contributed by atoms with E-state index in [4.69, 9.17) is 19.4 Å². The number of aromatic nitrogens is 3. The lowest BCUT2D eigenvalue weighted by atomic mass is 9.91. The van der Waals surface area contributed by atoms with E-state index in [-0.39, 0.29) is 23.9 Å². The van der Waals surface area contributed by atoms with Crippen molar-refractivity contribution in [3.8, 4) is 17.4 Å². The van der Waals surface area contributed by atoms with E-state index in [1.165, 1.54) is 0 Å². The van der Waals surface area contributed by atoms with Crippen LogP contribution in [-0.4, -0.2) is 54.1 Å². The summed E-state index contributed by atoms with van der Waals surface area (Å²) in [7, 11) is 5.59. The highest BCUT2D eigenvalue weighted by Gasteiger charge is 2.25. The minimum Gasteiger partial charge on any atom is -0.497 e. The van der Waals surface area contributed by atoms with Crippen LogP contribution in [0.4, 0.5) is 11.8 Å². The zero-order valence-corrected chi connectivity index (χ0v) is 21.8. The van der Waals surface area contributed by atoms with Gasteiger partial charge in [-0.3, -0.25) is 4.79 Å². The largest absolute Gasteiger partial charge is 0.497 e. The zero-order chi connectivity index (χ0) is 26.5. The van der Waals surface area contributed by atoms with Gasteiger partial charge in [-0.15, -0.1) is 0 Å². The number of anilines is 2. The monoisotopic (exact) mass is 512 g/mol. The second kappa shape index (κ2) is 11.3. The van der Waals surface area contributed by atoms with E-state index < -0.39 is 0 Å². The summed E-state index contributed by atoms with van der Waals surface area (Å²) in [5, 5.41) is 7.71. The van der Waals surface area contributed by atoms with Crippen molar-refractivity contribution in [2.75, 3.05) is 31.4 Å². The molecule has 0 unspecified atom stereocenters. The number of hydrogen-bond donors (Lipinski definition) is 2. The Kier molecular flexibility index (Phi) is 7.53. The number of carbonyl (C=O) groups excluding carboxylic acids is 1. The smallest absolute Gasteiger partial charge is 0.257 e. The minimum absolute atomic E-state index is 0.0736. The first-order valence-electron chi connectivity index (χ1n) is 12.8. The van der Waals surface area contributed by atoms with Crippen molar-refractivity contribution >= 4 is 28.6 Å². The van der Waals surface area contributed by atoms with Gasteiger partial charge in [0.25, 0.3) is 5.91 Å². The van der Waals surface area contributed by atoms with Crippen LogP contribution in [0, 0.1) is 0 Å². The van der Waals surface area contributed by atoms with Crippen LogP contribution in [0.25, 0.3) is 10.9 Å². The first kappa shape index (κ1) is 25.3. The lowest BCUT2D eigenvalue weighted by Crippen LogP contribution is -2.40. The third-order valence-electron chi connectivity index (χ3n) is 6.69. The normalized spacial score (nSPS) is 17.0. The summed E-state index contributed by atoms with van der Waals surface area (Å²) < 4.78 is 11.1. The van der Waals surface area contributed by atoms with Crippen molar-refractivity contribution in [3.05, 3.63) is 72.4 Å². The number of methoxy groups -OCH3 is 1. The molecular formula is C29H32N6O3. The molecule has 0 bridgehead atoms. The van der Waals surface area contributed by atoms with Crippen LogP contribution in [-0.2, 0) is 0 Å². The summed E-state index contributed by atoms with van der Waals surface area (Å²) >= 11 is 0. The van der Waals surface area contributed by atoms with Crippen molar-refractivity contribution in [2.24, 2.45) is 0 Å². The van der Waals surface area contributed by atoms with Gasteiger partial charge in [-0.1, -0.05) is 12.1 Å². The molecule has 1 amide bonds. The molecule has 1 aliphatic carbocycles. The Balaban J connectivity index is 1.19. The highest BCUT2D eigenvalue weighted by atomic mass is 16.5. The molecule has 2 aromatic heterocycles. The Morgan fingerprint density at radius 3 is 2.34 bits per heavy atom. The highest BCUT2D eigenvalue weighted by Crippen LogP contribution is 2.28. The van der Waals surface area contributed by atoms with Gasteiger partial charge in [0.05, 0.1) is 12.6 Å². The standard InChI is InChI=1S/C29H32N6O3/c1-35(2)26-23-7-4-5-9-25(23)33-29(34-26)32-20-12-10-19(11-13-20)31-27(36)24-8-6-18-30-28(24)38-22-16-14-21(37-3)15-17-22/h4-9,14-20H,10-13H2,1-3H3,(H,31,36)(H,32,33,34). The average molecular weight is 513 g/mol. The fourth-order valence-corrected chi connectivity index (χ4v) is 4.69. The summed E-state index contributed by atoms with van der Waals surface area (Å²) in [4.78, 5) is 28.9. The average Bonchev–Trinajstić information content (AvgIpc) is 2.94. The van der Waals surface area contributed by atoms with Crippen LogP contribution in [0.2, 0.25) is 0 Å². The Morgan fingerprint density at radius 1 is 0.895 bits per heavy atom. The molecule has 2 aromatic carbocycles. The number of nitrogens with zero attached hydrogens (tertiary/aromatic N) is 4. The number of rotatable bonds is 8. The molecule has 9 nitrogen and oxygen atoms in total. The van der Waals surface area contributed by atoms with Gasteiger partial charge in [-0.05, 0) is 74.2 Å². The number of carbonyl (C=O) groups is 1. The maximum atomic E-state index is 13.1. The van der Waals surface area contributed by atoms with Crippen LogP contribution in [0.5, 0.6) is 17.4 Å². The minimum atomic E-state index is -0.188. The first-order valence-corrected chi connectivity index (χ1v) is 12.8. The van der Waals surface area contributed by atoms with Crippen LogP contribution >= 0.6 is 0 Å². The van der Waals surface area contributed by atoms with E-state index in [1.54, 1.807) is 49.7 Å². The number of para-hydroxylation sites is 1. The molecule has 0 atom stereocenters. The molecule has 2 heterocycles. The number of benzene rings is 2. The van der Waals surface area contributed by atoms with Crippen molar-refractivity contribution in [1.29, 1.82) is 0 Å². The van der Waals surface area contributed by atoms with Gasteiger partial charge >= 0.3 is 0 Å². The summed E-state index contributed by atoms with van der Waals surface area (Å²) in [5.41, 5.74) is 1.32. The summed E-state index contributed by atoms with van der Waals surface area (Å²) in [6.07, 6.45) is 5.13. The van der Waals surface area contributed by atoms with Gasteiger partial charge in [0.2, 0.25) is 11.8 Å². The molecule has 1 saturated carbocycles. The predicted molar refractivity (Wildman–Crippen MR) is 148 cm³/mol. The van der Waals surface area contributed by atoms with E-state index in [1.807, 2.05) is 43.3 Å². The number of nitrogens with one attached hydrogen (secondary N) is 2. The molecule has 0 aliphatic heterocycles. The van der Waals surface area contributed by atoms with Gasteiger partial charge in [-0.25, -0.2) is 9.97 Å². The lowest BCUT2D eigenvalue weighted by Gasteiger charge is -2.30. The highest BCUT2D eigenvalue weighted by molar-refractivity contribution is 5.96. The number of hydrogen-bond acceptors (Lipinski definition) is 8. The number of ether oxygens (including phenoxy) is 2. The molecule has 0 saturated heterocycles. The molecule has 9 heteroatoms. The van der Waals surface area contributed by atoms with Gasteiger partial charge in [0, 0.05) is 37.8 Å². The maximum Gasteiger partial charge on any atom is 0.257 e. The van der Waals surface area contributed by atoms with E-state index >= 15 is 0 Å². The van der Waals surface area contributed by atoms with Crippen molar-refractivity contribution in [2.45, 2.75) is 37.8 Å². The van der Waals surface area contributed by atoms with Gasteiger partial charge < -0.3 is 25.0 Å². The van der Waals surface area contributed by atoms with Crippen LogP contribution < -0.4 is 25.0 Å². The van der Waals surface area contributed by atoms with Crippen molar-refractivity contribution in [3.63, 3.8) is 0 Å². The molecule has 2 N–H and O–H groups in total. The Hall–Kier alpha value is -4.40. The summed E-state index contributed by atoms with van der Waals surface area (Å²) in [6, 6.07) is 19.0. The number of amides is 1. The topological polar surface area (TPSA) is 102 Å². The van der Waals surface area contributed by atoms with Crippen molar-refractivity contribution < 1.29 is 14.3 Å². The van der Waals surface area contributed by atoms with E-state index in [9.17, 15) is 4.79 Å². The van der Waals surface area contributed by atoms with E-state index in [2.05, 4.69) is 15.6 Å². The lowest BCUT2D eigenvalue weighted by molar-refractivity contribution is 0.0923. The van der Waals surface area contributed by atoms with Gasteiger partial charge in [0.15, 0.2) is 0 Å². The fraction of sp³-hybridized carbons (Fsp3) is 0.310. The van der Waals surface area contributed by atoms with Crippen molar-refractivity contribution in [1.82, 2.24) is 20.3 Å². The van der Waals surface area contributed by atoms with Gasteiger partial charge in [0.1, 0.15) is 22.9 Å². The molecule has 1 aliphatic rings. The third-order valence-corrected chi connectivity index (χ3v) is 6.69. The number of fused-ring (bicyclic) bond motifs is 1. The van der Waals surface area contributed by atoms with Crippen LogP contribution in [0.3, 0.4) is 0 Å². The molecule has 4 aromatic rings. The molecule has 38 heavy (non-hydrogen) atoms. The predicted octanol–water partition coefficient (Wildman–Crippen LogP) is 5.04. The quantitative estimate of drug-likeness (QED) is 0.338. The zero-order valence-electron chi connectivity index (χ0n) is 21.8. The molecular weight excluding hydrogens is 480 g/mol. The summed E-state index contributed by atoms with van der Waals surface area (Å²) in [5.74, 6) is 2.92. The Labute approximate surface area is 222 Å². The molecule has 196 valence electrons. The fourth-order valence-electron chi connectivity index (χ4n) is 4.69. The van der Waals surface area contributed by atoms with Gasteiger partial charge in [-0.2, -0.15) is 4.98 Å².